The molecule has 1 saturated heterocycles. The van der Waals surface area contributed by atoms with Crippen molar-refractivity contribution in [3.05, 3.63) is 107 Å². The van der Waals surface area contributed by atoms with E-state index in [2.05, 4.69) is 64.2 Å². The predicted molar refractivity (Wildman–Crippen MR) is 129 cm³/mol. The normalized spacial score (nSPS) is 14.7. The van der Waals surface area contributed by atoms with E-state index in [9.17, 15) is 9.59 Å². The molecule has 6 heteroatoms. The van der Waals surface area contributed by atoms with E-state index in [4.69, 9.17) is 0 Å². The Balaban J connectivity index is 1.36. The third-order valence-electron chi connectivity index (χ3n) is 5.93. The van der Waals surface area contributed by atoms with Crippen LogP contribution in [0.4, 0.5) is 0 Å². The van der Waals surface area contributed by atoms with Crippen molar-refractivity contribution in [3.63, 3.8) is 0 Å². The van der Waals surface area contributed by atoms with E-state index < -0.39 is 0 Å². The molecule has 0 radical (unpaired) electrons. The number of rotatable bonds is 7. The van der Waals surface area contributed by atoms with E-state index in [1.807, 2.05) is 29.3 Å². The van der Waals surface area contributed by atoms with E-state index in [-0.39, 0.29) is 17.9 Å². The highest BCUT2D eigenvalue weighted by Crippen LogP contribution is 2.29. The summed E-state index contributed by atoms with van der Waals surface area (Å²) in [7, 11) is 0. The van der Waals surface area contributed by atoms with Gasteiger partial charge in [-0.2, -0.15) is 0 Å². The molecule has 0 spiro atoms. The number of hydrogen-bond acceptors (Lipinski definition) is 4. The fourth-order valence-corrected chi connectivity index (χ4v) is 4.19. The smallest absolute Gasteiger partial charge is 0.265 e. The molecule has 0 atom stereocenters. The number of hydrazine groups is 1. The number of piperazine rings is 1. The second kappa shape index (κ2) is 10.9. The minimum absolute atomic E-state index is 0.0715. The van der Waals surface area contributed by atoms with Crippen LogP contribution in [0.15, 0.2) is 84.9 Å². The summed E-state index contributed by atoms with van der Waals surface area (Å²) in [6.07, 6.45) is 0. The number of amides is 2. The van der Waals surface area contributed by atoms with Gasteiger partial charge in [0.1, 0.15) is 0 Å². The molecule has 1 fully saturated rings. The van der Waals surface area contributed by atoms with E-state index in [0.717, 1.165) is 31.7 Å². The zero-order valence-electron chi connectivity index (χ0n) is 18.9. The summed E-state index contributed by atoms with van der Waals surface area (Å²) in [5.41, 5.74) is 7.17. The monoisotopic (exact) mass is 442 g/mol. The Labute approximate surface area is 195 Å². The van der Waals surface area contributed by atoms with Crippen molar-refractivity contribution in [2.45, 2.75) is 19.5 Å². The first kappa shape index (κ1) is 22.7. The van der Waals surface area contributed by atoms with Crippen LogP contribution in [0, 0.1) is 0 Å². The lowest BCUT2D eigenvalue weighted by Crippen LogP contribution is -2.54. The first-order chi connectivity index (χ1) is 16.1. The summed E-state index contributed by atoms with van der Waals surface area (Å²) in [6.45, 7) is 5.16. The third-order valence-corrected chi connectivity index (χ3v) is 5.93. The Hall–Kier alpha value is -3.48. The van der Waals surface area contributed by atoms with Crippen LogP contribution in [0.3, 0.4) is 0 Å². The van der Waals surface area contributed by atoms with Crippen LogP contribution >= 0.6 is 0 Å². The van der Waals surface area contributed by atoms with Gasteiger partial charge in [-0.3, -0.25) is 19.9 Å². The summed E-state index contributed by atoms with van der Waals surface area (Å²) >= 11 is 0. The largest absolute Gasteiger partial charge is 0.352 e. The highest BCUT2D eigenvalue weighted by atomic mass is 16.2. The zero-order valence-corrected chi connectivity index (χ0v) is 18.9. The number of nitrogens with zero attached hydrogens (tertiary/aromatic N) is 2. The predicted octanol–water partition coefficient (Wildman–Crippen LogP) is 3.37. The van der Waals surface area contributed by atoms with Crippen LogP contribution in [-0.2, 0) is 11.3 Å². The van der Waals surface area contributed by atoms with Crippen LogP contribution in [0.25, 0.3) is 0 Å². The Morgan fingerprint density at radius 1 is 0.788 bits per heavy atom. The topological polar surface area (TPSA) is 64.7 Å². The standard InChI is InChI=1S/C27H30N4O2/c1-21(32)28-20-22-12-14-25(15-13-22)27(33)29-31-18-16-30(17-19-31)26(23-8-4-2-5-9-23)24-10-6-3-7-11-24/h2-15,26H,16-20H2,1H3,(H,28,32)(H,29,33). The molecule has 33 heavy (non-hydrogen) atoms. The van der Waals surface area contributed by atoms with Crippen LogP contribution in [-0.4, -0.2) is 47.9 Å². The van der Waals surface area contributed by atoms with E-state index in [0.29, 0.717) is 12.1 Å². The molecule has 170 valence electrons. The van der Waals surface area contributed by atoms with Crippen molar-refractivity contribution >= 4 is 11.8 Å². The molecule has 1 heterocycles. The molecule has 1 aliphatic heterocycles. The summed E-state index contributed by atoms with van der Waals surface area (Å²) in [6, 6.07) is 28.7. The van der Waals surface area contributed by atoms with Crippen molar-refractivity contribution in [2.75, 3.05) is 26.2 Å². The number of carbonyl (C=O) groups is 2. The quantitative estimate of drug-likeness (QED) is 0.589. The average Bonchev–Trinajstić information content (AvgIpc) is 2.85. The second-order valence-corrected chi connectivity index (χ2v) is 8.29. The van der Waals surface area contributed by atoms with Gasteiger partial charge in [-0.05, 0) is 28.8 Å². The Bertz CT molecular complexity index is 1010. The number of hydrogen-bond donors (Lipinski definition) is 2. The molecule has 0 bridgehead atoms. The molecule has 6 nitrogen and oxygen atoms in total. The molecule has 3 aromatic carbocycles. The molecular weight excluding hydrogens is 412 g/mol. The maximum absolute atomic E-state index is 12.7. The van der Waals surface area contributed by atoms with Gasteiger partial charge >= 0.3 is 0 Å². The maximum atomic E-state index is 12.7. The van der Waals surface area contributed by atoms with Gasteiger partial charge in [0.2, 0.25) is 5.91 Å². The van der Waals surface area contributed by atoms with Gasteiger partial charge in [-0.15, -0.1) is 0 Å². The van der Waals surface area contributed by atoms with Gasteiger partial charge < -0.3 is 5.32 Å². The summed E-state index contributed by atoms with van der Waals surface area (Å²) < 4.78 is 0. The van der Waals surface area contributed by atoms with Crippen molar-refractivity contribution < 1.29 is 9.59 Å². The zero-order chi connectivity index (χ0) is 23.0. The highest BCUT2D eigenvalue weighted by molar-refractivity contribution is 5.93. The van der Waals surface area contributed by atoms with Gasteiger partial charge in [0, 0.05) is 45.2 Å². The SMILES string of the molecule is CC(=O)NCc1ccc(C(=O)NN2CCN(C(c3ccccc3)c3ccccc3)CC2)cc1. The van der Waals surface area contributed by atoms with Crippen molar-refractivity contribution in [2.24, 2.45) is 0 Å². The molecule has 0 unspecified atom stereocenters. The first-order valence-electron chi connectivity index (χ1n) is 11.3. The van der Waals surface area contributed by atoms with Crippen LogP contribution in [0.5, 0.6) is 0 Å². The second-order valence-electron chi connectivity index (χ2n) is 8.29. The fraction of sp³-hybridized carbons (Fsp3) is 0.259. The Morgan fingerprint density at radius 2 is 1.33 bits per heavy atom. The third kappa shape index (κ3) is 6.06. The van der Waals surface area contributed by atoms with Gasteiger partial charge in [-0.1, -0.05) is 72.8 Å². The molecule has 4 rings (SSSR count). The van der Waals surface area contributed by atoms with E-state index in [1.165, 1.54) is 18.1 Å². The molecule has 0 saturated carbocycles. The molecule has 3 aromatic rings. The van der Waals surface area contributed by atoms with Crippen LogP contribution in [0.2, 0.25) is 0 Å². The van der Waals surface area contributed by atoms with E-state index >= 15 is 0 Å². The van der Waals surface area contributed by atoms with E-state index in [1.54, 1.807) is 12.1 Å². The summed E-state index contributed by atoms with van der Waals surface area (Å²) in [4.78, 5) is 26.2. The lowest BCUT2D eigenvalue weighted by molar-refractivity contribution is -0.119. The maximum Gasteiger partial charge on any atom is 0.265 e. The van der Waals surface area contributed by atoms with Gasteiger partial charge in [0.25, 0.3) is 5.91 Å². The molecule has 2 N–H and O–H groups in total. The minimum atomic E-state index is -0.114. The van der Waals surface area contributed by atoms with Crippen LogP contribution in [0.1, 0.15) is 40.0 Å². The molecular formula is C27H30N4O2. The lowest BCUT2D eigenvalue weighted by atomic mass is 9.96. The molecule has 0 aromatic heterocycles. The molecule has 2 amide bonds. The van der Waals surface area contributed by atoms with Gasteiger partial charge in [-0.25, -0.2) is 5.01 Å². The fourth-order valence-electron chi connectivity index (χ4n) is 4.19. The average molecular weight is 443 g/mol. The number of benzene rings is 3. The number of carbonyl (C=O) groups excluding carboxylic acids is 2. The van der Waals surface area contributed by atoms with Crippen molar-refractivity contribution in [3.8, 4) is 0 Å². The number of nitrogens with one attached hydrogen (secondary N) is 2. The van der Waals surface area contributed by atoms with Gasteiger partial charge in [0.15, 0.2) is 0 Å². The van der Waals surface area contributed by atoms with Crippen molar-refractivity contribution in [1.29, 1.82) is 0 Å². The summed E-state index contributed by atoms with van der Waals surface area (Å²) in [5, 5.41) is 4.76. The van der Waals surface area contributed by atoms with Crippen molar-refractivity contribution in [1.82, 2.24) is 20.7 Å². The first-order valence-corrected chi connectivity index (χ1v) is 11.3. The summed E-state index contributed by atoms with van der Waals surface area (Å²) in [5.74, 6) is -0.185. The van der Waals surface area contributed by atoms with Crippen LogP contribution < -0.4 is 10.7 Å². The highest BCUT2D eigenvalue weighted by Gasteiger charge is 2.27. The van der Waals surface area contributed by atoms with Gasteiger partial charge in [0.05, 0.1) is 6.04 Å². The molecule has 0 aliphatic carbocycles. The lowest BCUT2D eigenvalue weighted by Gasteiger charge is -2.39. The Kier molecular flexibility index (Phi) is 7.50. The molecule has 1 aliphatic rings. The Morgan fingerprint density at radius 3 is 1.85 bits per heavy atom. The minimum Gasteiger partial charge on any atom is -0.352 e.